The van der Waals surface area contributed by atoms with Gasteiger partial charge in [-0.2, -0.15) is 0 Å². The molecule has 1 rings (SSSR count). The van der Waals surface area contributed by atoms with E-state index in [1.165, 1.54) is 13.5 Å². The monoisotopic (exact) mass is 320 g/mol. The third-order valence-corrected chi connectivity index (χ3v) is 4.85. The molecule has 0 heterocycles. The summed E-state index contributed by atoms with van der Waals surface area (Å²) in [6.07, 6.45) is 3.15. The van der Waals surface area contributed by atoms with Crippen LogP contribution in [0.4, 0.5) is 0 Å². The molecule has 0 spiro atoms. The first-order chi connectivity index (χ1) is 10.5. The van der Waals surface area contributed by atoms with E-state index in [4.69, 9.17) is 4.74 Å². The van der Waals surface area contributed by atoms with Crippen LogP contribution in [0.1, 0.15) is 67.7 Å². The summed E-state index contributed by atoms with van der Waals surface area (Å²) in [5.41, 5.74) is 1.33. The second-order valence-electron chi connectivity index (χ2n) is 7.97. The lowest BCUT2D eigenvalue weighted by Crippen LogP contribution is -2.31. The van der Waals surface area contributed by atoms with Gasteiger partial charge in [-0.3, -0.25) is 9.59 Å². The summed E-state index contributed by atoms with van der Waals surface area (Å²) in [5.74, 6) is 1.31. The summed E-state index contributed by atoms with van der Waals surface area (Å²) in [6.45, 7) is 14.3. The molecule has 0 saturated heterocycles. The maximum atomic E-state index is 12.8. The number of carbonyl (C=O) groups excluding carboxylic acids is 2. The zero-order chi connectivity index (χ0) is 17.9. The average molecular weight is 320 g/mol. The van der Waals surface area contributed by atoms with E-state index in [0.717, 1.165) is 12.8 Å². The summed E-state index contributed by atoms with van der Waals surface area (Å²) in [6, 6.07) is 0. The lowest BCUT2D eigenvalue weighted by molar-refractivity contribution is -0.119. The molecule has 0 bridgehead atoms. The highest BCUT2D eigenvalue weighted by Crippen LogP contribution is 2.40. The molecule has 0 radical (unpaired) electrons. The Balaban J connectivity index is 3.01. The van der Waals surface area contributed by atoms with Crippen molar-refractivity contribution in [2.75, 3.05) is 7.11 Å². The van der Waals surface area contributed by atoms with E-state index in [2.05, 4.69) is 34.6 Å². The zero-order valence-corrected chi connectivity index (χ0v) is 16.0. The largest absolute Gasteiger partial charge is 0.492 e. The molecule has 3 nitrogen and oxygen atoms in total. The van der Waals surface area contributed by atoms with E-state index < -0.39 is 0 Å². The summed E-state index contributed by atoms with van der Waals surface area (Å²) in [5, 5.41) is 0. The molecule has 0 N–H and O–H groups in total. The van der Waals surface area contributed by atoms with E-state index in [0.29, 0.717) is 28.6 Å². The Morgan fingerprint density at radius 1 is 1.00 bits per heavy atom. The Bertz CT molecular complexity index is 547. The van der Waals surface area contributed by atoms with Crippen LogP contribution in [0.15, 0.2) is 22.5 Å². The van der Waals surface area contributed by atoms with Crippen molar-refractivity contribution in [1.29, 1.82) is 0 Å². The molecule has 0 aliphatic heterocycles. The highest BCUT2D eigenvalue weighted by Gasteiger charge is 2.38. The fourth-order valence-electron chi connectivity index (χ4n) is 3.63. The fraction of sp³-hybridized carbons (Fsp3) is 0.700. The molecule has 1 unspecified atom stereocenters. The average Bonchev–Trinajstić information content (AvgIpc) is 2.43. The third kappa shape index (κ3) is 4.33. The predicted molar refractivity (Wildman–Crippen MR) is 94.1 cm³/mol. The van der Waals surface area contributed by atoms with Gasteiger partial charge in [-0.15, -0.1) is 0 Å². The molecule has 0 aromatic heterocycles. The molecule has 0 saturated carbocycles. The van der Waals surface area contributed by atoms with E-state index in [1.54, 1.807) is 13.8 Å². The Morgan fingerprint density at radius 2 is 1.57 bits per heavy atom. The van der Waals surface area contributed by atoms with Crippen LogP contribution >= 0.6 is 0 Å². The third-order valence-electron chi connectivity index (χ3n) is 4.85. The molecule has 130 valence electrons. The van der Waals surface area contributed by atoms with Crippen molar-refractivity contribution < 1.29 is 14.3 Å². The van der Waals surface area contributed by atoms with Crippen LogP contribution in [-0.4, -0.2) is 18.7 Å². The van der Waals surface area contributed by atoms with Gasteiger partial charge in [0, 0.05) is 16.7 Å². The van der Waals surface area contributed by atoms with E-state index in [-0.39, 0.29) is 22.7 Å². The number of hydrogen-bond acceptors (Lipinski definition) is 3. The molecule has 23 heavy (non-hydrogen) atoms. The number of carbonyl (C=O) groups is 2. The number of allylic oxidation sites excluding steroid dienone is 3. The molecule has 1 aliphatic rings. The lowest BCUT2D eigenvalue weighted by Gasteiger charge is -2.33. The standard InChI is InChI=1S/C20H32O3/c1-12(2)11-13(3)9-10-20(6,7)16-14(4)18(22)19(23-8)15(5)17(16)21/h12-13H,9-11H2,1-8H3. The number of ketones is 2. The van der Waals surface area contributed by atoms with Gasteiger partial charge in [-0.25, -0.2) is 0 Å². The first-order valence-corrected chi connectivity index (χ1v) is 8.58. The molecule has 1 aliphatic carbocycles. The van der Waals surface area contributed by atoms with Crippen molar-refractivity contribution in [2.45, 2.75) is 67.7 Å². The lowest BCUT2D eigenvalue weighted by atomic mass is 9.70. The molecular formula is C20H32O3. The molecule has 0 fully saturated rings. The van der Waals surface area contributed by atoms with Crippen LogP contribution in [0, 0.1) is 17.3 Å². The molecule has 0 aromatic rings. The van der Waals surface area contributed by atoms with Gasteiger partial charge in [0.1, 0.15) is 0 Å². The number of Topliss-reactive ketones (excluding diaryl/α,β-unsaturated/α-hetero) is 2. The van der Waals surface area contributed by atoms with Crippen LogP contribution in [0.3, 0.4) is 0 Å². The Hall–Kier alpha value is -1.38. The molecule has 0 amide bonds. The van der Waals surface area contributed by atoms with Gasteiger partial charge in [-0.1, -0.05) is 34.6 Å². The molecular weight excluding hydrogens is 288 g/mol. The Kier molecular flexibility index (Phi) is 6.38. The normalized spacial score (nSPS) is 18.1. The fourth-order valence-corrected chi connectivity index (χ4v) is 3.63. The van der Waals surface area contributed by atoms with Gasteiger partial charge in [0.05, 0.1) is 7.11 Å². The van der Waals surface area contributed by atoms with Crippen molar-refractivity contribution in [1.82, 2.24) is 0 Å². The van der Waals surface area contributed by atoms with Crippen molar-refractivity contribution >= 4 is 11.6 Å². The van der Waals surface area contributed by atoms with E-state index >= 15 is 0 Å². The number of hydrogen-bond donors (Lipinski definition) is 0. The smallest absolute Gasteiger partial charge is 0.224 e. The quantitative estimate of drug-likeness (QED) is 0.629. The van der Waals surface area contributed by atoms with Crippen molar-refractivity contribution in [3.8, 4) is 0 Å². The molecule has 1 atom stereocenters. The van der Waals surface area contributed by atoms with Crippen LogP contribution < -0.4 is 0 Å². The maximum absolute atomic E-state index is 12.8. The SMILES string of the molecule is COC1=C(C)C(=O)C(C(C)(C)CCC(C)CC(C)C)=C(C)C1=O. The summed E-state index contributed by atoms with van der Waals surface area (Å²) >= 11 is 0. The Morgan fingerprint density at radius 3 is 2.04 bits per heavy atom. The van der Waals surface area contributed by atoms with Gasteiger partial charge in [0.15, 0.2) is 11.5 Å². The molecule has 0 aromatic carbocycles. The highest BCUT2D eigenvalue weighted by molar-refractivity contribution is 6.24. The van der Waals surface area contributed by atoms with Crippen LogP contribution in [-0.2, 0) is 14.3 Å². The van der Waals surface area contributed by atoms with E-state index in [9.17, 15) is 9.59 Å². The number of methoxy groups -OCH3 is 1. The van der Waals surface area contributed by atoms with Gasteiger partial charge in [0.2, 0.25) is 5.78 Å². The maximum Gasteiger partial charge on any atom is 0.224 e. The van der Waals surface area contributed by atoms with Crippen LogP contribution in [0.5, 0.6) is 0 Å². The summed E-state index contributed by atoms with van der Waals surface area (Å²) in [4.78, 5) is 25.2. The minimum absolute atomic E-state index is 0.0412. The second kappa shape index (κ2) is 7.46. The van der Waals surface area contributed by atoms with Crippen LogP contribution in [0.2, 0.25) is 0 Å². The zero-order valence-electron chi connectivity index (χ0n) is 16.0. The summed E-state index contributed by atoms with van der Waals surface area (Å²) in [7, 11) is 1.45. The summed E-state index contributed by atoms with van der Waals surface area (Å²) < 4.78 is 5.13. The van der Waals surface area contributed by atoms with Gasteiger partial charge < -0.3 is 4.74 Å². The van der Waals surface area contributed by atoms with Gasteiger partial charge >= 0.3 is 0 Å². The Labute approximate surface area is 141 Å². The minimum Gasteiger partial charge on any atom is -0.492 e. The topological polar surface area (TPSA) is 43.4 Å². The first kappa shape index (κ1) is 19.7. The highest BCUT2D eigenvalue weighted by atomic mass is 16.5. The first-order valence-electron chi connectivity index (χ1n) is 8.58. The second-order valence-corrected chi connectivity index (χ2v) is 7.97. The molecule has 3 heteroatoms. The number of rotatable bonds is 7. The van der Waals surface area contributed by atoms with Crippen molar-refractivity contribution in [3.05, 3.63) is 22.5 Å². The minimum atomic E-state index is -0.303. The van der Waals surface area contributed by atoms with Crippen molar-refractivity contribution in [3.63, 3.8) is 0 Å². The van der Waals surface area contributed by atoms with Gasteiger partial charge in [-0.05, 0) is 50.4 Å². The van der Waals surface area contributed by atoms with E-state index in [1.807, 2.05) is 0 Å². The van der Waals surface area contributed by atoms with Gasteiger partial charge in [0.25, 0.3) is 0 Å². The van der Waals surface area contributed by atoms with Crippen molar-refractivity contribution in [2.24, 2.45) is 17.3 Å². The number of ether oxygens (including phenoxy) is 1. The van der Waals surface area contributed by atoms with Crippen LogP contribution in [0.25, 0.3) is 0 Å². The predicted octanol–water partition coefficient (Wildman–Crippen LogP) is 4.86.